The highest BCUT2D eigenvalue weighted by Gasteiger charge is 2.18. The first-order valence-electron chi connectivity index (χ1n) is 10.8. The molecule has 0 spiro atoms. The predicted octanol–water partition coefficient (Wildman–Crippen LogP) is 4.05. The van der Waals surface area contributed by atoms with Crippen LogP contribution in [0.25, 0.3) is 10.8 Å². The number of nitrogens with zero attached hydrogens (tertiary/aromatic N) is 3. The highest BCUT2D eigenvalue weighted by Crippen LogP contribution is 2.23. The Balaban J connectivity index is 1.59. The standard InChI is InChI=1S/C26H28N4O2/c1-17-10-12-21(13-11-17)15-29-19(3)23-14-27-30(26(32)25(23)20(29)4)16-24(31)28-18(2)22-8-6-5-7-9-22/h5-14,18H,15-16H2,1-4H3,(H,28,31). The molecule has 32 heavy (non-hydrogen) atoms. The molecule has 2 heterocycles. The van der Waals surface area contributed by atoms with Crippen molar-refractivity contribution in [3.05, 3.63) is 99.2 Å². The van der Waals surface area contributed by atoms with Gasteiger partial charge in [-0.05, 0) is 38.8 Å². The molecule has 0 radical (unpaired) electrons. The maximum Gasteiger partial charge on any atom is 0.276 e. The lowest BCUT2D eigenvalue weighted by molar-refractivity contribution is -0.122. The van der Waals surface area contributed by atoms with Gasteiger partial charge in [0.25, 0.3) is 5.56 Å². The number of nitrogens with one attached hydrogen (secondary N) is 1. The van der Waals surface area contributed by atoms with E-state index in [-0.39, 0.29) is 24.1 Å². The largest absolute Gasteiger partial charge is 0.348 e. The summed E-state index contributed by atoms with van der Waals surface area (Å²) in [6.07, 6.45) is 1.69. The van der Waals surface area contributed by atoms with Crippen molar-refractivity contribution in [2.24, 2.45) is 0 Å². The third kappa shape index (κ3) is 4.21. The van der Waals surface area contributed by atoms with Crippen LogP contribution in [-0.2, 0) is 17.9 Å². The minimum absolute atomic E-state index is 0.117. The van der Waals surface area contributed by atoms with E-state index in [1.165, 1.54) is 15.8 Å². The molecule has 0 saturated heterocycles. The van der Waals surface area contributed by atoms with Crippen LogP contribution in [-0.4, -0.2) is 20.3 Å². The van der Waals surface area contributed by atoms with Crippen molar-refractivity contribution in [3.63, 3.8) is 0 Å². The van der Waals surface area contributed by atoms with E-state index in [0.717, 1.165) is 22.3 Å². The summed E-state index contributed by atoms with van der Waals surface area (Å²) in [6, 6.07) is 18.0. The molecule has 1 unspecified atom stereocenters. The summed E-state index contributed by atoms with van der Waals surface area (Å²) in [6.45, 7) is 8.51. The van der Waals surface area contributed by atoms with Gasteiger partial charge in [0.05, 0.1) is 17.6 Å². The average Bonchev–Trinajstić information content (AvgIpc) is 3.02. The number of hydrogen-bond acceptors (Lipinski definition) is 3. The smallest absolute Gasteiger partial charge is 0.276 e. The van der Waals surface area contributed by atoms with Crippen molar-refractivity contribution >= 4 is 16.7 Å². The molecule has 6 nitrogen and oxygen atoms in total. The fraction of sp³-hybridized carbons (Fsp3) is 0.269. The monoisotopic (exact) mass is 428 g/mol. The molecule has 4 aromatic rings. The number of rotatable bonds is 6. The Labute approximate surface area is 187 Å². The molecule has 2 aromatic carbocycles. The molecule has 0 saturated carbocycles. The minimum atomic E-state index is -0.247. The number of benzene rings is 2. The van der Waals surface area contributed by atoms with Crippen LogP contribution in [0.3, 0.4) is 0 Å². The molecule has 0 bridgehead atoms. The van der Waals surface area contributed by atoms with Gasteiger partial charge in [-0.25, -0.2) is 4.68 Å². The third-order valence-corrected chi connectivity index (χ3v) is 6.04. The van der Waals surface area contributed by atoms with Crippen LogP contribution >= 0.6 is 0 Å². The average molecular weight is 429 g/mol. The Bertz CT molecular complexity index is 1320. The zero-order valence-electron chi connectivity index (χ0n) is 18.9. The van der Waals surface area contributed by atoms with E-state index in [4.69, 9.17) is 0 Å². The first kappa shape index (κ1) is 21.6. The summed E-state index contributed by atoms with van der Waals surface area (Å²) < 4.78 is 3.39. The van der Waals surface area contributed by atoms with Crippen molar-refractivity contribution < 1.29 is 4.79 Å². The van der Waals surface area contributed by atoms with Gasteiger partial charge in [-0.1, -0.05) is 60.2 Å². The quantitative estimate of drug-likeness (QED) is 0.504. The Morgan fingerprint density at radius 2 is 1.69 bits per heavy atom. The molecule has 2 aromatic heterocycles. The molecule has 0 aliphatic rings. The van der Waals surface area contributed by atoms with Crippen molar-refractivity contribution in [1.82, 2.24) is 19.7 Å². The molecule has 164 valence electrons. The summed E-state index contributed by atoms with van der Waals surface area (Å²) in [4.78, 5) is 25.8. The van der Waals surface area contributed by atoms with Gasteiger partial charge in [0.15, 0.2) is 0 Å². The van der Waals surface area contributed by atoms with Crippen LogP contribution in [0.4, 0.5) is 0 Å². The topological polar surface area (TPSA) is 68.9 Å². The lowest BCUT2D eigenvalue weighted by Crippen LogP contribution is -2.35. The fourth-order valence-corrected chi connectivity index (χ4v) is 4.12. The van der Waals surface area contributed by atoms with Crippen molar-refractivity contribution in [2.75, 3.05) is 0 Å². The first-order chi connectivity index (χ1) is 15.3. The van der Waals surface area contributed by atoms with Crippen LogP contribution in [0.15, 0.2) is 65.6 Å². The molecule has 1 atom stereocenters. The fourth-order valence-electron chi connectivity index (χ4n) is 4.12. The molecular weight excluding hydrogens is 400 g/mol. The molecule has 1 amide bonds. The van der Waals surface area contributed by atoms with Crippen LogP contribution in [0.5, 0.6) is 0 Å². The Morgan fingerprint density at radius 3 is 2.38 bits per heavy atom. The number of carbonyl (C=O) groups excluding carboxylic acids is 1. The predicted molar refractivity (Wildman–Crippen MR) is 127 cm³/mol. The van der Waals surface area contributed by atoms with Crippen LogP contribution in [0, 0.1) is 20.8 Å². The van der Waals surface area contributed by atoms with Crippen LogP contribution in [0.2, 0.25) is 0 Å². The number of aromatic nitrogens is 3. The van der Waals surface area contributed by atoms with Gasteiger partial charge in [-0.3, -0.25) is 9.59 Å². The minimum Gasteiger partial charge on any atom is -0.348 e. The number of carbonyl (C=O) groups is 1. The van der Waals surface area contributed by atoms with Crippen molar-refractivity contribution in [1.29, 1.82) is 0 Å². The SMILES string of the molecule is Cc1ccc(Cn2c(C)c3cnn(CC(=O)NC(C)c4ccccc4)c(=O)c3c2C)cc1. The third-order valence-electron chi connectivity index (χ3n) is 6.04. The van der Waals surface area contributed by atoms with Gasteiger partial charge in [0, 0.05) is 23.3 Å². The maximum absolute atomic E-state index is 13.2. The lowest BCUT2D eigenvalue weighted by Gasteiger charge is -2.14. The molecule has 0 fully saturated rings. The molecular formula is C26H28N4O2. The molecule has 4 rings (SSSR count). The molecule has 0 aliphatic carbocycles. The highest BCUT2D eigenvalue weighted by atomic mass is 16.2. The normalized spacial score (nSPS) is 12.1. The van der Waals surface area contributed by atoms with Crippen LogP contribution < -0.4 is 10.9 Å². The number of aryl methyl sites for hydroxylation is 3. The Morgan fingerprint density at radius 1 is 1.00 bits per heavy atom. The van der Waals surface area contributed by atoms with Crippen molar-refractivity contribution in [2.45, 2.75) is 46.8 Å². The highest BCUT2D eigenvalue weighted by molar-refractivity contribution is 5.87. The first-order valence-corrected chi connectivity index (χ1v) is 10.8. The zero-order valence-corrected chi connectivity index (χ0v) is 18.9. The summed E-state index contributed by atoms with van der Waals surface area (Å²) >= 11 is 0. The second kappa shape index (κ2) is 8.83. The second-order valence-corrected chi connectivity index (χ2v) is 8.34. The van der Waals surface area contributed by atoms with Gasteiger partial charge in [0.1, 0.15) is 6.54 Å². The maximum atomic E-state index is 13.2. The zero-order chi connectivity index (χ0) is 22.8. The van der Waals surface area contributed by atoms with E-state index in [1.807, 2.05) is 51.1 Å². The molecule has 0 aliphatic heterocycles. The van der Waals surface area contributed by atoms with E-state index < -0.39 is 0 Å². The van der Waals surface area contributed by atoms with E-state index in [2.05, 4.69) is 46.2 Å². The number of fused-ring (bicyclic) bond motifs is 1. The second-order valence-electron chi connectivity index (χ2n) is 8.34. The van der Waals surface area contributed by atoms with E-state index >= 15 is 0 Å². The number of hydrogen-bond donors (Lipinski definition) is 1. The summed E-state index contributed by atoms with van der Waals surface area (Å²) in [7, 11) is 0. The van der Waals surface area contributed by atoms with Gasteiger partial charge in [0.2, 0.25) is 5.91 Å². The Hall–Kier alpha value is -3.67. The summed E-state index contributed by atoms with van der Waals surface area (Å²) in [5, 5.41) is 8.68. The van der Waals surface area contributed by atoms with E-state index in [0.29, 0.717) is 11.9 Å². The van der Waals surface area contributed by atoms with E-state index in [9.17, 15) is 9.59 Å². The molecule has 6 heteroatoms. The van der Waals surface area contributed by atoms with Gasteiger partial charge < -0.3 is 9.88 Å². The van der Waals surface area contributed by atoms with Gasteiger partial charge in [-0.2, -0.15) is 5.10 Å². The summed E-state index contributed by atoms with van der Waals surface area (Å²) in [5.41, 5.74) is 5.04. The Kier molecular flexibility index (Phi) is 5.95. The molecule has 1 N–H and O–H groups in total. The lowest BCUT2D eigenvalue weighted by atomic mass is 10.1. The van der Waals surface area contributed by atoms with Gasteiger partial charge >= 0.3 is 0 Å². The van der Waals surface area contributed by atoms with Crippen molar-refractivity contribution in [3.8, 4) is 0 Å². The van der Waals surface area contributed by atoms with E-state index in [1.54, 1.807) is 6.20 Å². The number of amides is 1. The summed E-state index contributed by atoms with van der Waals surface area (Å²) in [5.74, 6) is -0.247. The van der Waals surface area contributed by atoms with Gasteiger partial charge in [-0.15, -0.1) is 0 Å². The van der Waals surface area contributed by atoms with Crippen LogP contribution in [0.1, 0.15) is 41.0 Å².